The van der Waals surface area contributed by atoms with Gasteiger partial charge in [-0.3, -0.25) is 4.52 Å². The van der Waals surface area contributed by atoms with E-state index in [1.807, 2.05) is 0 Å². The Labute approximate surface area is 76.2 Å². The molecular weight excluding hydrogens is 203 g/mol. The maximum Gasteiger partial charge on any atom is 0.470 e. The smallest absolute Gasteiger partial charge is 0.394 e. The van der Waals surface area contributed by atoms with Crippen LogP contribution in [0.1, 0.15) is 8.27 Å². The van der Waals surface area contributed by atoms with Crippen LogP contribution in [-0.2, 0) is 9.09 Å². The van der Waals surface area contributed by atoms with Gasteiger partial charge in [0.2, 0.25) is 0 Å². The highest BCUT2D eigenvalue weighted by Crippen LogP contribution is 2.42. The molecule has 0 fully saturated rings. The van der Waals surface area contributed by atoms with Gasteiger partial charge in [-0.2, -0.15) is 0 Å². The molecule has 0 aromatic carbocycles. The molecule has 0 bridgehead atoms. The van der Waals surface area contributed by atoms with E-state index < -0.39 is 39.6 Å². The van der Waals surface area contributed by atoms with Crippen molar-refractivity contribution in [2.24, 2.45) is 0 Å². The van der Waals surface area contributed by atoms with E-state index in [1.54, 1.807) is 0 Å². The molecule has 2 atom stereocenters. The van der Waals surface area contributed by atoms with Crippen molar-refractivity contribution < 1.29 is 35.6 Å². The molecule has 5 N–H and O–H groups in total. The molecule has 0 amide bonds. The van der Waals surface area contributed by atoms with E-state index in [-0.39, 0.29) is 0 Å². The molecule has 0 rings (SSSR count). The van der Waals surface area contributed by atoms with Crippen molar-refractivity contribution in [2.75, 3.05) is 13.2 Å². The van der Waals surface area contributed by atoms with E-state index in [0.29, 0.717) is 0 Å². The highest BCUT2D eigenvalue weighted by molar-refractivity contribution is 7.46. The fraction of sp³-hybridized carbons (Fsp3) is 1.00. The summed E-state index contributed by atoms with van der Waals surface area (Å²) in [7, 11) is -4.94. The normalized spacial score (nSPS) is 20.5. The van der Waals surface area contributed by atoms with Gasteiger partial charge in [-0.05, 0) is 6.90 Å². The summed E-state index contributed by atoms with van der Waals surface area (Å²) in [4.78, 5) is 16.9. The van der Waals surface area contributed by atoms with Gasteiger partial charge in [-0.15, -0.1) is 0 Å². The number of rotatable bonds is 5. The van der Waals surface area contributed by atoms with Crippen molar-refractivity contribution in [1.29, 1.82) is 0 Å². The lowest BCUT2D eigenvalue weighted by molar-refractivity contribution is -0.102. The number of hydrogen-bond donors (Lipinski definition) is 5. The summed E-state index contributed by atoms with van der Waals surface area (Å²) >= 11 is 0. The minimum Gasteiger partial charge on any atom is -0.394 e. The van der Waals surface area contributed by atoms with Crippen molar-refractivity contribution >= 4 is 7.82 Å². The Balaban J connectivity index is 4.79. The largest absolute Gasteiger partial charge is 0.470 e. The first-order valence-corrected chi connectivity index (χ1v) is 4.79. The van der Waals surface area contributed by atoms with E-state index in [0.717, 1.165) is 0 Å². The van der Waals surface area contributed by atoms with Crippen LogP contribution in [0.15, 0.2) is 0 Å². The lowest BCUT2D eigenvalue weighted by Crippen LogP contribution is -2.46. The summed E-state index contributed by atoms with van der Waals surface area (Å²) in [6.45, 7) is -2.65. The third kappa shape index (κ3) is 4.15. The quantitative estimate of drug-likeness (QED) is 0.344. The number of aliphatic hydroxyl groups excluding tert-OH is 3. The van der Waals surface area contributed by atoms with Crippen LogP contribution in [0.4, 0.5) is 0 Å². The van der Waals surface area contributed by atoms with E-state index >= 15 is 0 Å². The predicted octanol–water partition coefficient (Wildman–Crippen LogP) is -1.80. The van der Waals surface area contributed by atoms with Crippen LogP contribution in [0.5, 0.6) is 0 Å². The zero-order valence-corrected chi connectivity index (χ0v) is 7.59. The molecule has 80 valence electrons. The van der Waals surface area contributed by atoms with E-state index in [2.05, 4.69) is 4.52 Å². The molecule has 0 aromatic heterocycles. The molecule has 13 heavy (non-hydrogen) atoms. The molecule has 0 saturated carbocycles. The fourth-order valence-corrected chi connectivity index (χ4v) is 1.25. The van der Waals surface area contributed by atoms with Gasteiger partial charge in [-0.1, -0.05) is 0 Å². The summed E-state index contributed by atoms with van der Waals surface area (Å²) < 4.78 is 21.5. The van der Waals surface area contributed by atoms with Crippen molar-refractivity contribution in [2.45, 2.75) is 18.6 Å². The molecule has 0 radical (unpaired) electrons. The van der Waals surface area contributed by atoms with Gasteiger partial charge in [-0.25, -0.2) is 4.57 Å². The Morgan fingerprint density at radius 1 is 1.62 bits per heavy atom. The Morgan fingerprint density at radius 2 is 2.15 bits per heavy atom. The SMILES string of the molecule is [2H]C[C@@](CO)(OP(=O)(O)O)[C@H](O)CO. The van der Waals surface area contributed by atoms with Gasteiger partial charge in [0.05, 0.1) is 13.2 Å². The second-order valence-electron chi connectivity index (χ2n) is 2.50. The van der Waals surface area contributed by atoms with Gasteiger partial charge in [0.1, 0.15) is 11.7 Å². The summed E-state index contributed by atoms with van der Waals surface area (Å²) in [5, 5.41) is 26.5. The maximum atomic E-state index is 10.5. The summed E-state index contributed by atoms with van der Waals surface area (Å²) in [5.41, 5.74) is -2.16. The average Bonchev–Trinajstić information content (AvgIpc) is 2.11. The third-order valence-electron chi connectivity index (χ3n) is 1.35. The van der Waals surface area contributed by atoms with Crippen molar-refractivity contribution in [3.05, 3.63) is 0 Å². The molecule has 8 heteroatoms. The number of phosphoric ester groups is 1. The molecule has 0 aliphatic carbocycles. The second kappa shape index (κ2) is 4.47. The van der Waals surface area contributed by atoms with Gasteiger partial charge < -0.3 is 25.1 Å². The van der Waals surface area contributed by atoms with Crippen LogP contribution in [0.25, 0.3) is 0 Å². The van der Waals surface area contributed by atoms with E-state index in [1.165, 1.54) is 0 Å². The Hall–Kier alpha value is -0.0100. The molecule has 0 aromatic rings. The molecule has 0 unspecified atom stereocenters. The molecule has 0 aliphatic rings. The minimum absolute atomic E-state index is 0.795. The second-order valence-corrected chi connectivity index (χ2v) is 3.67. The number of aliphatic hydroxyl groups is 3. The maximum absolute atomic E-state index is 10.5. The molecular formula is C5H13O7P. The van der Waals surface area contributed by atoms with Crippen LogP contribution in [0, 0.1) is 0 Å². The topological polar surface area (TPSA) is 127 Å². The van der Waals surface area contributed by atoms with Crippen LogP contribution < -0.4 is 0 Å². The van der Waals surface area contributed by atoms with Crippen molar-refractivity contribution in [1.82, 2.24) is 0 Å². The first kappa shape index (κ1) is 11.1. The summed E-state index contributed by atoms with van der Waals surface area (Å²) in [5.74, 6) is 0. The summed E-state index contributed by atoms with van der Waals surface area (Å²) in [6.07, 6.45) is -1.74. The predicted molar refractivity (Wildman–Crippen MR) is 41.7 cm³/mol. The van der Waals surface area contributed by atoms with Crippen LogP contribution >= 0.6 is 7.82 Å². The number of phosphoric acid groups is 1. The van der Waals surface area contributed by atoms with Gasteiger partial charge in [0.25, 0.3) is 0 Å². The first-order chi connectivity index (χ1) is 6.31. The lowest BCUT2D eigenvalue weighted by Gasteiger charge is -2.31. The third-order valence-corrected chi connectivity index (χ3v) is 1.95. The average molecular weight is 217 g/mol. The van der Waals surface area contributed by atoms with Gasteiger partial charge in [0.15, 0.2) is 0 Å². The molecule has 0 spiro atoms. The summed E-state index contributed by atoms with van der Waals surface area (Å²) in [6, 6.07) is 0. The molecule has 0 heterocycles. The fourth-order valence-electron chi connectivity index (χ4n) is 0.598. The first-order valence-electron chi connectivity index (χ1n) is 3.97. The minimum atomic E-state index is -4.94. The van der Waals surface area contributed by atoms with Gasteiger partial charge in [0, 0.05) is 1.37 Å². The zero-order chi connectivity index (χ0) is 11.4. The van der Waals surface area contributed by atoms with Crippen molar-refractivity contribution in [3.8, 4) is 0 Å². The Kier molecular flexibility index (Phi) is 3.81. The molecule has 7 nitrogen and oxygen atoms in total. The Morgan fingerprint density at radius 3 is 2.38 bits per heavy atom. The van der Waals surface area contributed by atoms with Crippen LogP contribution in [0.2, 0.25) is 0 Å². The highest BCUT2D eigenvalue weighted by atomic mass is 31.2. The monoisotopic (exact) mass is 217 g/mol. The number of hydrogen-bond acceptors (Lipinski definition) is 5. The standard InChI is InChI=1S/C5H13O7P/c1-5(3-7,4(8)2-6)12-13(9,10)11/h4,6-8H,2-3H2,1H3,(H2,9,10,11)/t4-,5+/m1/s1/i1D. The van der Waals surface area contributed by atoms with Crippen LogP contribution in [-0.4, -0.2) is 50.0 Å². The van der Waals surface area contributed by atoms with Crippen molar-refractivity contribution in [3.63, 3.8) is 0 Å². The molecule has 0 saturated heterocycles. The molecule has 0 aliphatic heterocycles. The van der Waals surface area contributed by atoms with E-state index in [4.69, 9.17) is 26.5 Å². The zero-order valence-electron chi connectivity index (χ0n) is 7.70. The van der Waals surface area contributed by atoms with E-state index in [9.17, 15) is 4.57 Å². The lowest BCUT2D eigenvalue weighted by atomic mass is 10.0. The Bertz CT molecular complexity index is 212. The van der Waals surface area contributed by atoms with Crippen LogP contribution in [0.3, 0.4) is 0 Å². The van der Waals surface area contributed by atoms with Gasteiger partial charge >= 0.3 is 7.82 Å². The highest BCUT2D eigenvalue weighted by Gasteiger charge is 2.39.